The van der Waals surface area contributed by atoms with Gasteiger partial charge in [-0.3, -0.25) is 4.57 Å². The first-order valence-electron chi connectivity index (χ1n) is 22.2. The number of fused-ring (bicyclic) bond motifs is 12. The summed E-state index contributed by atoms with van der Waals surface area (Å²) in [6.45, 7) is 0. The lowest BCUT2D eigenvalue weighted by molar-refractivity contribution is 0.669. The van der Waals surface area contributed by atoms with Gasteiger partial charge in [-0.1, -0.05) is 152 Å². The molecule has 0 radical (unpaired) electrons. The van der Waals surface area contributed by atoms with Crippen molar-refractivity contribution in [2.45, 2.75) is 0 Å². The van der Waals surface area contributed by atoms with Crippen molar-refractivity contribution in [3.05, 3.63) is 206 Å². The molecule has 0 bridgehead atoms. The van der Waals surface area contributed by atoms with Crippen LogP contribution in [0.1, 0.15) is 0 Å². The van der Waals surface area contributed by atoms with Gasteiger partial charge in [-0.05, 0) is 87.1 Å². The number of furan rings is 1. The minimum atomic E-state index is 0.621. The van der Waals surface area contributed by atoms with E-state index in [4.69, 9.17) is 14.4 Å². The Morgan fingerprint density at radius 3 is 1.91 bits per heavy atom. The van der Waals surface area contributed by atoms with Crippen molar-refractivity contribution in [2.24, 2.45) is 0 Å². The fourth-order valence-electron chi connectivity index (χ4n) is 11.2. The summed E-state index contributed by atoms with van der Waals surface area (Å²) in [5.41, 5.74) is 12.3. The molecule has 0 amide bonds. The SMILES string of the molecule is c1ccc(-n2c3ccccc3c3cccc(-c4cc5c6ccccc6c6c7ccccc7cc7c6c5c(c4)n7-c4nc(-c5cccc6oc7ccccc7c56)c5ccccc5n4)c32)cc1. The predicted octanol–water partition coefficient (Wildman–Crippen LogP) is 16.0. The highest BCUT2D eigenvalue weighted by atomic mass is 16.3. The van der Waals surface area contributed by atoms with Crippen LogP contribution in [0, 0.1) is 0 Å². The van der Waals surface area contributed by atoms with E-state index in [0.29, 0.717) is 5.95 Å². The molecule has 0 spiro atoms. The second-order valence-corrected chi connectivity index (χ2v) is 17.2. The molecule has 0 saturated heterocycles. The number of aromatic nitrogens is 4. The summed E-state index contributed by atoms with van der Waals surface area (Å²) in [4.78, 5) is 11.2. The number of benzene rings is 11. The second-order valence-electron chi connectivity index (χ2n) is 17.2. The smallest absolute Gasteiger partial charge is 0.235 e. The molecule has 4 heterocycles. The summed E-state index contributed by atoms with van der Waals surface area (Å²) < 4.78 is 11.2. The molecule has 0 aliphatic rings. The van der Waals surface area contributed by atoms with Crippen molar-refractivity contribution in [3.8, 4) is 34.0 Å². The normalized spacial score (nSPS) is 12.3. The molecule has 0 saturated carbocycles. The maximum absolute atomic E-state index is 6.44. The van der Waals surface area contributed by atoms with Gasteiger partial charge >= 0.3 is 0 Å². The number of hydrogen-bond donors (Lipinski definition) is 0. The molecule has 0 fully saturated rings. The van der Waals surface area contributed by atoms with Crippen molar-refractivity contribution in [1.82, 2.24) is 19.1 Å². The molecular weight excluding hydrogens is 793 g/mol. The van der Waals surface area contributed by atoms with Crippen LogP contribution in [0.5, 0.6) is 0 Å². The fraction of sp³-hybridized carbons (Fsp3) is 0. The molecule has 0 unspecified atom stereocenters. The van der Waals surface area contributed by atoms with E-state index in [-0.39, 0.29) is 0 Å². The topological polar surface area (TPSA) is 48.8 Å². The highest BCUT2D eigenvalue weighted by Crippen LogP contribution is 2.49. The molecule has 4 aromatic heterocycles. The highest BCUT2D eigenvalue weighted by molar-refractivity contribution is 6.39. The Bertz CT molecular complexity index is 4480. The van der Waals surface area contributed by atoms with Crippen LogP contribution in [0.15, 0.2) is 211 Å². The van der Waals surface area contributed by atoms with Gasteiger partial charge in [0.05, 0.1) is 33.3 Å². The number of rotatable bonds is 4. The van der Waals surface area contributed by atoms with Crippen LogP contribution in [0.2, 0.25) is 0 Å². The summed E-state index contributed by atoms with van der Waals surface area (Å²) >= 11 is 0. The van der Waals surface area contributed by atoms with Gasteiger partial charge in [0.2, 0.25) is 5.95 Å². The van der Waals surface area contributed by atoms with E-state index >= 15 is 0 Å². The van der Waals surface area contributed by atoms with E-state index in [1.165, 1.54) is 64.9 Å². The largest absolute Gasteiger partial charge is 0.456 e. The van der Waals surface area contributed by atoms with Crippen LogP contribution in [-0.4, -0.2) is 19.1 Å². The molecule has 5 nitrogen and oxygen atoms in total. The van der Waals surface area contributed by atoms with Gasteiger partial charge in [-0.2, -0.15) is 0 Å². The Morgan fingerprint density at radius 1 is 0.354 bits per heavy atom. The van der Waals surface area contributed by atoms with Crippen LogP contribution in [-0.2, 0) is 0 Å². The fourth-order valence-corrected chi connectivity index (χ4v) is 11.2. The van der Waals surface area contributed by atoms with Crippen LogP contribution in [0.25, 0.3) is 143 Å². The minimum absolute atomic E-state index is 0.621. The first-order chi connectivity index (χ1) is 32.3. The van der Waals surface area contributed by atoms with Crippen molar-refractivity contribution < 1.29 is 4.42 Å². The summed E-state index contributed by atoms with van der Waals surface area (Å²) in [6, 6.07) is 74.2. The summed E-state index contributed by atoms with van der Waals surface area (Å²) in [7, 11) is 0. The van der Waals surface area contributed by atoms with E-state index in [2.05, 4.69) is 203 Å². The van der Waals surface area contributed by atoms with Gasteiger partial charge in [-0.25, -0.2) is 9.97 Å². The zero-order valence-corrected chi connectivity index (χ0v) is 34.8. The summed E-state index contributed by atoms with van der Waals surface area (Å²) in [5, 5.41) is 15.3. The van der Waals surface area contributed by atoms with Crippen molar-refractivity contribution in [1.29, 1.82) is 0 Å². The third-order valence-corrected chi connectivity index (χ3v) is 13.8. The average Bonchev–Trinajstić information content (AvgIpc) is 4.03. The van der Waals surface area contributed by atoms with Gasteiger partial charge in [0.1, 0.15) is 11.2 Å². The lowest BCUT2D eigenvalue weighted by Crippen LogP contribution is -2.04. The van der Waals surface area contributed by atoms with Crippen molar-refractivity contribution in [3.63, 3.8) is 0 Å². The number of nitrogens with zero attached hydrogens (tertiary/aromatic N) is 4. The molecule has 15 rings (SSSR count). The first-order valence-corrected chi connectivity index (χ1v) is 22.2. The van der Waals surface area contributed by atoms with Crippen LogP contribution in [0.4, 0.5) is 0 Å². The summed E-state index contributed by atoms with van der Waals surface area (Å²) in [5.74, 6) is 0.621. The Balaban J connectivity index is 1.13. The molecule has 15 aromatic rings. The lowest BCUT2D eigenvalue weighted by Gasteiger charge is -2.15. The van der Waals surface area contributed by atoms with E-state index in [9.17, 15) is 0 Å². The van der Waals surface area contributed by atoms with E-state index in [1.807, 2.05) is 12.1 Å². The molecule has 5 heteroatoms. The third kappa shape index (κ3) is 4.71. The Morgan fingerprint density at radius 2 is 1.02 bits per heavy atom. The quantitative estimate of drug-likeness (QED) is 0.166. The molecule has 0 aliphatic heterocycles. The van der Waals surface area contributed by atoms with Crippen LogP contribution in [0.3, 0.4) is 0 Å². The lowest BCUT2D eigenvalue weighted by atomic mass is 9.89. The molecule has 11 aromatic carbocycles. The van der Waals surface area contributed by atoms with E-state index < -0.39 is 0 Å². The minimum Gasteiger partial charge on any atom is -0.456 e. The molecule has 0 atom stereocenters. The molecule has 65 heavy (non-hydrogen) atoms. The highest BCUT2D eigenvalue weighted by Gasteiger charge is 2.26. The zero-order chi connectivity index (χ0) is 42.3. The maximum atomic E-state index is 6.44. The molecular formula is C60H34N4O. The van der Waals surface area contributed by atoms with E-state index in [1.54, 1.807) is 0 Å². The third-order valence-electron chi connectivity index (χ3n) is 13.8. The monoisotopic (exact) mass is 826 g/mol. The Kier molecular flexibility index (Phi) is 6.89. The Hall–Kier alpha value is -8.80. The predicted molar refractivity (Wildman–Crippen MR) is 270 cm³/mol. The van der Waals surface area contributed by atoms with Gasteiger partial charge in [-0.15, -0.1) is 0 Å². The van der Waals surface area contributed by atoms with Gasteiger partial charge in [0, 0.05) is 59.9 Å². The van der Waals surface area contributed by atoms with Crippen molar-refractivity contribution in [2.75, 3.05) is 0 Å². The van der Waals surface area contributed by atoms with Gasteiger partial charge < -0.3 is 8.98 Å². The summed E-state index contributed by atoms with van der Waals surface area (Å²) in [6.07, 6.45) is 0. The second kappa shape index (κ2) is 12.9. The van der Waals surface area contributed by atoms with Gasteiger partial charge in [0.15, 0.2) is 0 Å². The molecule has 0 N–H and O–H groups in total. The Labute approximate surface area is 371 Å². The van der Waals surface area contributed by atoms with Gasteiger partial charge in [0.25, 0.3) is 0 Å². The van der Waals surface area contributed by atoms with E-state index in [0.717, 1.165) is 71.9 Å². The maximum Gasteiger partial charge on any atom is 0.235 e. The van der Waals surface area contributed by atoms with Crippen molar-refractivity contribution >= 4 is 109 Å². The zero-order valence-electron chi connectivity index (χ0n) is 34.8. The van der Waals surface area contributed by atoms with Crippen LogP contribution >= 0.6 is 0 Å². The number of para-hydroxylation sites is 5. The first kappa shape index (κ1) is 34.7. The number of hydrogen-bond acceptors (Lipinski definition) is 3. The average molecular weight is 827 g/mol. The molecule has 0 aliphatic carbocycles. The standard InChI is InChI=1S/C60H34N4O/c1-2-17-37(18-3-1)63-49-29-12-9-21-41(49)43-26-14-25-39(59(43)63)36-32-47-40-20-6-7-22-42(40)55-38-19-5-4-16-35(38)33-51-57(55)56(47)50(34-36)64(51)60-61-48-28-11-8-23-44(48)58(62-60)46-27-15-31-53-54(46)45-24-10-13-30-52(45)65-53/h1-34H. The molecule has 300 valence electrons. The van der Waals surface area contributed by atoms with Crippen LogP contribution < -0.4 is 0 Å².